The lowest BCUT2D eigenvalue weighted by Crippen LogP contribution is -2.46. The molecule has 0 aliphatic heterocycles. The minimum Gasteiger partial charge on any atom is -0.494 e. The third kappa shape index (κ3) is 7.02. The molecule has 9 nitrogen and oxygen atoms in total. The highest BCUT2D eigenvalue weighted by Crippen LogP contribution is 2.25. The standard InChI is InChI=1S/C26H35N5O4/c1-5-35-21-12-10-20(11-13-21)25(26(33)27-15-14-19(2)3)30(16-17-34-4)24(32)18-31-23-9-7-6-8-22(23)28-29-31/h6-13,19,25H,5,14-18H2,1-4H3,(H,27,33). The second kappa shape index (κ2) is 12.9. The smallest absolute Gasteiger partial charge is 0.247 e. The number of nitrogens with one attached hydrogen (secondary N) is 1. The van der Waals surface area contributed by atoms with Crippen molar-refractivity contribution in [1.82, 2.24) is 25.2 Å². The zero-order valence-electron chi connectivity index (χ0n) is 20.9. The van der Waals surface area contributed by atoms with Gasteiger partial charge in [-0.05, 0) is 49.1 Å². The fourth-order valence-electron chi connectivity index (χ4n) is 3.81. The first kappa shape index (κ1) is 26.2. The lowest BCUT2D eigenvalue weighted by atomic mass is 10.0. The van der Waals surface area contributed by atoms with E-state index in [0.717, 1.165) is 11.9 Å². The number of carbonyl (C=O) groups excluding carboxylic acids is 2. The second-order valence-electron chi connectivity index (χ2n) is 8.69. The van der Waals surface area contributed by atoms with Gasteiger partial charge in [0.25, 0.3) is 0 Å². The molecule has 0 fully saturated rings. The maximum absolute atomic E-state index is 13.6. The van der Waals surface area contributed by atoms with Gasteiger partial charge >= 0.3 is 0 Å². The number of benzene rings is 2. The van der Waals surface area contributed by atoms with Crippen LogP contribution in [0.15, 0.2) is 48.5 Å². The summed E-state index contributed by atoms with van der Waals surface area (Å²) in [5, 5.41) is 11.3. The van der Waals surface area contributed by atoms with Gasteiger partial charge in [0.1, 0.15) is 23.9 Å². The normalized spacial score (nSPS) is 12.0. The molecule has 0 radical (unpaired) electrons. The van der Waals surface area contributed by atoms with Gasteiger partial charge in [-0.2, -0.15) is 0 Å². The molecule has 3 rings (SSSR count). The molecule has 0 bridgehead atoms. The van der Waals surface area contributed by atoms with Crippen LogP contribution in [0.3, 0.4) is 0 Å². The van der Waals surface area contributed by atoms with Crippen molar-refractivity contribution >= 4 is 22.8 Å². The van der Waals surface area contributed by atoms with Gasteiger partial charge in [-0.25, -0.2) is 4.68 Å². The number of amides is 2. The van der Waals surface area contributed by atoms with E-state index in [1.54, 1.807) is 16.7 Å². The average molecular weight is 482 g/mol. The van der Waals surface area contributed by atoms with Crippen molar-refractivity contribution in [2.24, 2.45) is 5.92 Å². The zero-order chi connectivity index (χ0) is 25.2. The van der Waals surface area contributed by atoms with Crippen LogP contribution >= 0.6 is 0 Å². The van der Waals surface area contributed by atoms with Crippen LogP contribution in [0.4, 0.5) is 0 Å². The first-order chi connectivity index (χ1) is 16.9. The van der Waals surface area contributed by atoms with Gasteiger partial charge in [0.05, 0.1) is 18.7 Å². The van der Waals surface area contributed by atoms with Crippen molar-refractivity contribution in [2.45, 2.75) is 39.8 Å². The minimum atomic E-state index is -0.824. The maximum Gasteiger partial charge on any atom is 0.247 e. The van der Waals surface area contributed by atoms with Gasteiger partial charge < -0.3 is 19.7 Å². The van der Waals surface area contributed by atoms with E-state index in [1.807, 2.05) is 55.5 Å². The van der Waals surface area contributed by atoms with Crippen LogP contribution in [0.25, 0.3) is 11.0 Å². The number of hydrogen-bond donors (Lipinski definition) is 1. The summed E-state index contributed by atoms with van der Waals surface area (Å²) < 4.78 is 12.4. The molecule has 9 heteroatoms. The fraction of sp³-hybridized carbons (Fsp3) is 0.462. The van der Waals surface area contributed by atoms with Crippen LogP contribution < -0.4 is 10.1 Å². The Kier molecular flexibility index (Phi) is 9.60. The summed E-state index contributed by atoms with van der Waals surface area (Å²) in [6.07, 6.45) is 0.846. The van der Waals surface area contributed by atoms with Gasteiger partial charge in [0, 0.05) is 20.2 Å². The Morgan fingerprint density at radius 3 is 2.54 bits per heavy atom. The molecule has 0 aliphatic rings. The molecule has 1 heterocycles. The quantitative estimate of drug-likeness (QED) is 0.403. The number of rotatable bonds is 13. The summed E-state index contributed by atoms with van der Waals surface area (Å²) in [5.74, 6) is 0.670. The molecule has 2 aromatic carbocycles. The SMILES string of the molecule is CCOc1ccc(C(C(=O)NCCC(C)C)N(CCOC)C(=O)Cn2nnc3ccccc32)cc1. The lowest BCUT2D eigenvalue weighted by molar-refractivity contribution is -0.142. The highest BCUT2D eigenvalue weighted by molar-refractivity contribution is 5.89. The van der Waals surface area contributed by atoms with Crippen LogP contribution in [-0.4, -0.2) is 65.1 Å². The molecule has 35 heavy (non-hydrogen) atoms. The van der Waals surface area contributed by atoms with E-state index in [1.165, 1.54) is 0 Å². The van der Waals surface area contributed by atoms with Crippen molar-refractivity contribution in [3.8, 4) is 5.75 Å². The molecule has 0 spiro atoms. The number of para-hydroxylation sites is 1. The summed E-state index contributed by atoms with van der Waals surface area (Å²) >= 11 is 0. The van der Waals surface area contributed by atoms with E-state index >= 15 is 0 Å². The number of nitrogens with zero attached hydrogens (tertiary/aromatic N) is 4. The molecule has 0 aliphatic carbocycles. The Morgan fingerprint density at radius 2 is 1.86 bits per heavy atom. The monoisotopic (exact) mass is 481 g/mol. The molecule has 1 unspecified atom stereocenters. The van der Waals surface area contributed by atoms with Crippen molar-refractivity contribution in [3.63, 3.8) is 0 Å². The Bertz CT molecular complexity index is 1100. The third-order valence-corrected chi connectivity index (χ3v) is 5.65. The Morgan fingerprint density at radius 1 is 1.11 bits per heavy atom. The van der Waals surface area contributed by atoms with E-state index < -0.39 is 6.04 Å². The van der Waals surface area contributed by atoms with Gasteiger partial charge in [-0.15, -0.1) is 5.10 Å². The van der Waals surface area contributed by atoms with E-state index in [2.05, 4.69) is 29.5 Å². The Balaban J connectivity index is 1.91. The van der Waals surface area contributed by atoms with Crippen LogP contribution in [0.2, 0.25) is 0 Å². The molecule has 0 saturated heterocycles. The fourth-order valence-corrected chi connectivity index (χ4v) is 3.81. The van der Waals surface area contributed by atoms with Gasteiger partial charge in [0.15, 0.2) is 0 Å². The van der Waals surface area contributed by atoms with Gasteiger partial charge in [-0.1, -0.05) is 43.3 Å². The number of carbonyl (C=O) groups is 2. The Hall–Kier alpha value is -3.46. The number of hydrogen-bond acceptors (Lipinski definition) is 6. The minimum absolute atomic E-state index is 0.0446. The Labute approximate surface area is 206 Å². The van der Waals surface area contributed by atoms with Crippen LogP contribution in [-0.2, 0) is 20.9 Å². The van der Waals surface area contributed by atoms with Crippen LogP contribution in [0.5, 0.6) is 5.75 Å². The van der Waals surface area contributed by atoms with E-state index in [-0.39, 0.29) is 31.5 Å². The zero-order valence-corrected chi connectivity index (χ0v) is 20.9. The third-order valence-electron chi connectivity index (χ3n) is 5.65. The summed E-state index contributed by atoms with van der Waals surface area (Å²) in [5.41, 5.74) is 2.16. The molecule has 1 atom stereocenters. The number of fused-ring (bicyclic) bond motifs is 1. The molecular formula is C26H35N5O4. The van der Waals surface area contributed by atoms with Crippen molar-refractivity contribution in [2.75, 3.05) is 33.4 Å². The average Bonchev–Trinajstić information content (AvgIpc) is 3.25. The highest BCUT2D eigenvalue weighted by atomic mass is 16.5. The van der Waals surface area contributed by atoms with Crippen LogP contribution in [0.1, 0.15) is 38.8 Å². The van der Waals surface area contributed by atoms with Crippen molar-refractivity contribution in [3.05, 3.63) is 54.1 Å². The van der Waals surface area contributed by atoms with E-state index in [0.29, 0.717) is 35.9 Å². The molecule has 2 amide bonds. The summed E-state index contributed by atoms with van der Waals surface area (Å²) in [6.45, 7) is 7.69. The van der Waals surface area contributed by atoms with Crippen molar-refractivity contribution < 1.29 is 19.1 Å². The summed E-state index contributed by atoms with van der Waals surface area (Å²) in [7, 11) is 1.57. The summed E-state index contributed by atoms with van der Waals surface area (Å²) in [4.78, 5) is 28.6. The first-order valence-electron chi connectivity index (χ1n) is 12.0. The largest absolute Gasteiger partial charge is 0.494 e. The highest BCUT2D eigenvalue weighted by Gasteiger charge is 2.31. The first-order valence-corrected chi connectivity index (χ1v) is 12.0. The maximum atomic E-state index is 13.6. The van der Waals surface area contributed by atoms with Crippen molar-refractivity contribution in [1.29, 1.82) is 0 Å². The molecule has 0 saturated carbocycles. The van der Waals surface area contributed by atoms with E-state index in [9.17, 15) is 9.59 Å². The predicted octanol–water partition coefficient (Wildman–Crippen LogP) is 3.21. The molecular weight excluding hydrogens is 446 g/mol. The topological polar surface area (TPSA) is 98.6 Å². The predicted molar refractivity (Wildman–Crippen MR) is 134 cm³/mol. The van der Waals surface area contributed by atoms with Crippen LogP contribution in [0, 0.1) is 5.92 Å². The van der Waals surface area contributed by atoms with E-state index in [4.69, 9.17) is 9.47 Å². The number of ether oxygens (including phenoxy) is 2. The molecule has 1 N–H and O–H groups in total. The lowest BCUT2D eigenvalue weighted by Gasteiger charge is -2.31. The number of aromatic nitrogens is 3. The molecule has 1 aromatic heterocycles. The second-order valence-corrected chi connectivity index (χ2v) is 8.69. The molecule has 188 valence electrons. The van der Waals surface area contributed by atoms with Gasteiger partial charge in [-0.3, -0.25) is 9.59 Å². The number of methoxy groups -OCH3 is 1. The molecule has 3 aromatic rings. The summed E-state index contributed by atoms with van der Waals surface area (Å²) in [6, 6.07) is 13.9. The van der Waals surface area contributed by atoms with Gasteiger partial charge in [0.2, 0.25) is 11.8 Å².